The van der Waals surface area contributed by atoms with Crippen LogP contribution in [-0.4, -0.2) is 36.7 Å². The van der Waals surface area contributed by atoms with Crippen molar-refractivity contribution < 1.29 is 9.50 Å². The van der Waals surface area contributed by atoms with E-state index in [0.29, 0.717) is 49.5 Å². The van der Waals surface area contributed by atoms with Crippen LogP contribution in [0.25, 0.3) is 10.9 Å². The first kappa shape index (κ1) is 27.6. The van der Waals surface area contributed by atoms with Crippen LogP contribution in [0.1, 0.15) is 28.6 Å². The summed E-state index contributed by atoms with van der Waals surface area (Å²) >= 11 is 18.8. The summed E-state index contributed by atoms with van der Waals surface area (Å²) in [5.41, 5.74) is 4.24. The molecular formula is C27H20Cl3FN8O. The van der Waals surface area contributed by atoms with Gasteiger partial charge in [-0.2, -0.15) is 5.26 Å². The number of anilines is 3. The Morgan fingerprint density at radius 2 is 1.90 bits per heavy atom. The van der Waals surface area contributed by atoms with Crippen molar-refractivity contribution in [2.45, 2.75) is 19.5 Å². The van der Waals surface area contributed by atoms with Crippen LogP contribution in [0.2, 0.25) is 15.2 Å². The van der Waals surface area contributed by atoms with Crippen LogP contribution in [0.4, 0.5) is 21.5 Å². The summed E-state index contributed by atoms with van der Waals surface area (Å²) in [6.07, 6.45) is 3.14. The van der Waals surface area contributed by atoms with Gasteiger partial charge in [0.2, 0.25) is 0 Å². The quantitative estimate of drug-likeness (QED) is 0.175. The summed E-state index contributed by atoms with van der Waals surface area (Å²) in [4.78, 5) is 8.77. The van der Waals surface area contributed by atoms with Crippen molar-refractivity contribution in [3.63, 3.8) is 0 Å². The van der Waals surface area contributed by atoms with Gasteiger partial charge in [0, 0.05) is 34.2 Å². The Balaban J connectivity index is 1.62. The lowest BCUT2D eigenvalue weighted by atomic mass is 10.0. The van der Waals surface area contributed by atoms with Crippen molar-refractivity contribution >= 4 is 62.8 Å². The molecule has 0 fully saturated rings. The van der Waals surface area contributed by atoms with Gasteiger partial charge in [-0.25, -0.2) is 14.1 Å². The largest absolute Gasteiger partial charge is 0.394 e. The molecule has 13 heteroatoms. The molecule has 0 aliphatic carbocycles. The number of pyridine rings is 2. The molecule has 0 radical (unpaired) electrons. The van der Waals surface area contributed by atoms with Gasteiger partial charge in [-0.05, 0) is 43.3 Å². The molecule has 0 spiro atoms. The number of nitrogens with zero attached hydrogens (tertiary/aromatic N) is 6. The Morgan fingerprint density at radius 3 is 2.62 bits per heavy atom. The number of nitrogens with one attached hydrogen (secondary N) is 2. The van der Waals surface area contributed by atoms with Gasteiger partial charge >= 0.3 is 0 Å². The number of hydrogen-bond acceptors (Lipinski definition) is 8. The highest BCUT2D eigenvalue weighted by atomic mass is 35.5. The van der Waals surface area contributed by atoms with Gasteiger partial charge in [-0.15, -0.1) is 5.10 Å². The van der Waals surface area contributed by atoms with Gasteiger partial charge in [-0.3, -0.25) is 4.98 Å². The standard InChI is InChI=1S/C27H20Cl3FN8O/c1-14-18(3-5-24(30)34-14)27(23-13-39(6-7-40)38-37-23)36-17-8-19-25(35-16-2-4-22(31)20(28)9-16)15(11-32)12-33-26(19)21(29)10-17/h2-5,8-10,12-13,27,36,40H,6-7H2,1H3,(H,33,35)/t27-/m0/s1. The Labute approximate surface area is 243 Å². The summed E-state index contributed by atoms with van der Waals surface area (Å²) < 4.78 is 15.3. The number of fused-ring (bicyclic) bond motifs is 1. The first-order chi connectivity index (χ1) is 19.3. The van der Waals surface area contributed by atoms with Crippen LogP contribution in [0.3, 0.4) is 0 Å². The molecule has 202 valence electrons. The Kier molecular flexibility index (Phi) is 8.00. The summed E-state index contributed by atoms with van der Waals surface area (Å²) in [6.45, 7) is 2.02. The van der Waals surface area contributed by atoms with E-state index in [1.54, 1.807) is 24.4 Å². The van der Waals surface area contributed by atoms with Crippen LogP contribution in [-0.2, 0) is 6.54 Å². The zero-order valence-electron chi connectivity index (χ0n) is 20.8. The Morgan fingerprint density at radius 1 is 1.10 bits per heavy atom. The van der Waals surface area contributed by atoms with E-state index in [1.165, 1.54) is 29.1 Å². The van der Waals surface area contributed by atoms with Crippen molar-refractivity contribution in [1.82, 2.24) is 25.0 Å². The molecule has 0 saturated carbocycles. The average molecular weight is 598 g/mol. The summed E-state index contributed by atoms with van der Waals surface area (Å²) in [6, 6.07) is 12.8. The number of benzene rings is 2. The molecule has 9 nitrogen and oxygen atoms in total. The van der Waals surface area contributed by atoms with Crippen molar-refractivity contribution in [3.8, 4) is 6.07 Å². The molecule has 0 aliphatic heterocycles. The molecule has 0 aliphatic rings. The minimum atomic E-state index is -0.559. The van der Waals surface area contributed by atoms with E-state index in [0.717, 1.165) is 5.56 Å². The molecule has 2 aromatic carbocycles. The third-order valence-electron chi connectivity index (χ3n) is 6.13. The van der Waals surface area contributed by atoms with Crippen LogP contribution in [0, 0.1) is 24.1 Å². The highest BCUT2D eigenvalue weighted by molar-refractivity contribution is 6.36. The van der Waals surface area contributed by atoms with Crippen molar-refractivity contribution in [1.29, 1.82) is 5.26 Å². The molecule has 40 heavy (non-hydrogen) atoms. The first-order valence-electron chi connectivity index (χ1n) is 11.9. The van der Waals surface area contributed by atoms with E-state index < -0.39 is 11.9 Å². The van der Waals surface area contributed by atoms with Gasteiger partial charge < -0.3 is 15.7 Å². The molecule has 3 N–H and O–H groups in total. The molecule has 5 rings (SSSR count). The summed E-state index contributed by atoms with van der Waals surface area (Å²) in [5.74, 6) is -0.559. The van der Waals surface area contributed by atoms with E-state index in [1.807, 2.05) is 13.0 Å². The molecule has 5 aromatic rings. The van der Waals surface area contributed by atoms with Crippen LogP contribution < -0.4 is 10.6 Å². The molecular weight excluding hydrogens is 578 g/mol. The second-order valence-electron chi connectivity index (χ2n) is 8.78. The minimum Gasteiger partial charge on any atom is -0.394 e. The third kappa shape index (κ3) is 5.64. The normalized spacial score (nSPS) is 11.8. The Hall–Kier alpha value is -4.01. The van der Waals surface area contributed by atoms with E-state index in [9.17, 15) is 14.8 Å². The SMILES string of the molecule is Cc1nc(Cl)ccc1[C@H](Nc1cc(Cl)c2ncc(C#N)c(Nc3ccc(F)c(Cl)c3)c2c1)c1cn(CCO)nn1. The smallest absolute Gasteiger partial charge is 0.141 e. The zero-order valence-corrected chi connectivity index (χ0v) is 23.1. The fourth-order valence-electron chi connectivity index (χ4n) is 4.26. The topological polar surface area (TPSA) is 125 Å². The lowest BCUT2D eigenvalue weighted by Gasteiger charge is -2.21. The van der Waals surface area contributed by atoms with Gasteiger partial charge in [-0.1, -0.05) is 46.1 Å². The van der Waals surface area contributed by atoms with Gasteiger partial charge in [0.05, 0.1) is 52.2 Å². The monoisotopic (exact) mass is 596 g/mol. The molecule has 0 unspecified atom stereocenters. The highest BCUT2D eigenvalue weighted by Gasteiger charge is 2.22. The summed E-state index contributed by atoms with van der Waals surface area (Å²) in [5, 5.41) is 35.3. The van der Waals surface area contributed by atoms with Gasteiger partial charge in [0.25, 0.3) is 0 Å². The van der Waals surface area contributed by atoms with Crippen molar-refractivity contribution in [2.75, 3.05) is 17.2 Å². The van der Waals surface area contributed by atoms with E-state index in [4.69, 9.17) is 34.8 Å². The lowest BCUT2D eigenvalue weighted by molar-refractivity contribution is 0.268. The molecule has 0 amide bonds. The van der Waals surface area contributed by atoms with Crippen LogP contribution in [0.5, 0.6) is 0 Å². The number of halogens is 4. The van der Waals surface area contributed by atoms with E-state index in [-0.39, 0.29) is 23.7 Å². The number of aliphatic hydroxyl groups excluding tert-OH is 1. The molecule has 0 saturated heterocycles. The van der Waals surface area contributed by atoms with Crippen LogP contribution in [0.15, 0.2) is 54.9 Å². The fourth-order valence-corrected chi connectivity index (χ4v) is 4.90. The fraction of sp³-hybridized carbons (Fsp3) is 0.148. The van der Waals surface area contributed by atoms with Gasteiger partial charge in [0.15, 0.2) is 0 Å². The van der Waals surface area contributed by atoms with E-state index in [2.05, 4.69) is 37.0 Å². The number of aromatic nitrogens is 5. The van der Waals surface area contributed by atoms with Crippen molar-refractivity contribution in [3.05, 3.63) is 98.4 Å². The average Bonchev–Trinajstić information content (AvgIpc) is 3.39. The maximum absolute atomic E-state index is 13.8. The highest BCUT2D eigenvalue weighted by Crippen LogP contribution is 2.37. The van der Waals surface area contributed by atoms with E-state index >= 15 is 0 Å². The zero-order chi connectivity index (χ0) is 28.4. The summed E-state index contributed by atoms with van der Waals surface area (Å²) in [7, 11) is 0. The Bertz CT molecular complexity index is 1770. The lowest BCUT2D eigenvalue weighted by Crippen LogP contribution is -2.15. The maximum atomic E-state index is 13.8. The predicted molar refractivity (Wildman–Crippen MR) is 153 cm³/mol. The second-order valence-corrected chi connectivity index (χ2v) is 9.98. The maximum Gasteiger partial charge on any atom is 0.141 e. The molecule has 1 atom stereocenters. The number of rotatable bonds is 8. The first-order valence-corrected chi connectivity index (χ1v) is 13.1. The number of nitriles is 1. The van der Waals surface area contributed by atoms with Crippen LogP contribution >= 0.6 is 34.8 Å². The molecule has 3 aromatic heterocycles. The van der Waals surface area contributed by atoms with Gasteiger partial charge in [0.1, 0.15) is 22.7 Å². The molecule has 3 heterocycles. The second kappa shape index (κ2) is 11.6. The number of aryl methyl sites for hydroxylation is 1. The number of hydrogen-bond donors (Lipinski definition) is 3. The third-order valence-corrected chi connectivity index (χ3v) is 6.92. The van der Waals surface area contributed by atoms with Crippen molar-refractivity contribution in [2.24, 2.45) is 0 Å². The minimum absolute atomic E-state index is 0.0636. The number of aliphatic hydroxyl groups is 1. The molecule has 0 bridgehead atoms. The predicted octanol–water partition coefficient (Wildman–Crippen LogP) is 6.44.